The van der Waals surface area contributed by atoms with E-state index < -0.39 is 5.97 Å². The number of nitrogens with zero attached hydrogens (tertiary/aromatic N) is 1. The molecule has 6 heteroatoms. The van der Waals surface area contributed by atoms with Gasteiger partial charge < -0.3 is 15.0 Å². The van der Waals surface area contributed by atoms with Crippen molar-refractivity contribution in [3.63, 3.8) is 0 Å². The SMILES string of the molecule is O=C(O)CC1CC2CCC(C1)N2C(=O)c1cc(Cl)c[nH]1. The molecule has 2 fully saturated rings. The molecule has 2 atom stereocenters. The normalized spacial score (nSPS) is 28.6. The number of carbonyl (C=O) groups is 2. The predicted molar refractivity (Wildman–Crippen MR) is 73.8 cm³/mol. The van der Waals surface area contributed by atoms with Crippen LogP contribution in [0.2, 0.25) is 5.02 Å². The maximum Gasteiger partial charge on any atom is 0.303 e. The maximum absolute atomic E-state index is 12.5. The van der Waals surface area contributed by atoms with Crippen LogP contribution in [0.1, 0.15) is 42.6 Å². The van der Waals surface area contributed by atoms with Crippen molar-refractivity contribution in [2.45, 2.75) is 44.2 Å². The molecule has 2 saturated heterocycles. The van der Waals surface area contributed by atoms with Gasteiger partial charge in [-0.05, 0) is 37.7 Å². The largest absolute Gasteiger partial charge is 0.481 e. The molecule has 20 heavy (non-hydrogen) atoms. The summed E-state index contributed by atoms with van der Waals surface area (Å²) in [6, 6.07) is 1.99. The molecule has 3 heterocycles. The Hall–Kier alpha value is -1.49. The Balaban J connectivity index is 1.74. The van der Waals surface area contributed by atoms with Gasteiger partial charge in [0, 0.05) is 24.7 Å². The Morgan fingerprint density at radius 3 is 2.50 bits per heavy atom. The van der Waals surface area contributed by atoms with E-state index in [2.05, 4.69) is 4.98 Å². The summed E-state index contributed by atoms with van der Waals surface area (Å²) in [5.74, 6) is -0.565. The van der Waals surface area contributed by atoms with Crippen LogP contribution in [0.3, 0.4) is 0 Å². The smallest absolute Gasteiger partial charge is 0.303 e. The highest BCUT2D eigenvalue weighted by molar-refractivity contribution is 6.30. The standard InChI is InChI=1S/C14H17ClN2O3/c15-9-6-12(16-7-9)14(20)17-10-1-2-11(17)4-8(3-10)5-13(18)19/h6-8,10-11,16H,1-5H2,(H,18,19). The second kappa shape index (κ2) is 5.13. The highest BCUT2D eigenvalue weighted by atomic mass is 35.5. The van der Waals surface area contributed by atoms with E-state index in [9.17, 15) is 9.59 Å². The first-order chi connectivity index (χ1) is 9.54. The summed E-state index contributed by atoms with van der Waals surface area (Å²) < 4.78 is 0. The first kappa shape index (κ1) is 13.5. The van der Waals surface area contributed by atoms with E-state index in [1.54, 1.807) is 12.3 Å². The number of halogens is 1. The Morgan fingerprint density at radius 2 is 2.00 bits per heavy atom. The van der Waals surface area contributed by atoms with E-state index in [4.69, 9.17) is 16.7 Å². The van der Waals surface area contributed by atoms with Crippen molar-refractivity contribution in [3.05, 3.63) is 23.0 Å². The van der Waals surface area contributed by atoms with Gasteiger partial charge in [0.05, 0.1) is 5.02 Å². The van der Waals surface area contributed by atoms with Gasteiger partial charge in [0.2, 0.25) is 0 Å². The summed E-state index contributed by atoms with van der Waals surface area (Å²) in [5.41, 5.74) is 0.517. The number of H-pyrrole nitrogens is 1. The first-order valence-corrected chi connectivity index (χ1v) is 7.30. The van der Waals surface area contributed by atoms with Crippen LogP contribution in [0.5, 0.6) is 0 Å². The first-order valence-electron chi connectivity index (χ1n) is 6.93. The molecule has 0 aliphatic carbocycles. The molecule has 0 aromatic carbocycles. The Morgan fingerprint density at radius 1 is 1.35 bits per heavy atom. The molecule has 3 rings (SSSR count). The van der Waals surface area contributed by atoms with Crippen LogP contribution in [-0.4, -0.2) is 39.0 Å². The molecular weight excluding hydrogens is 280 g/mol. The van der Waals surface area contributed by atoms with Gasteiger partial charge in [0.15, 0.2) is 0 Å². The summed E-state index contributed by atoms with van der Waals surface area (Å²) in [5, 5.41) is 9.44. The Kier molecular flexibility index (Phi) is 3.46. The molecule has 2 aliphatic heterocycles. The lowest BCUT2D eigenvalue weighted by atomic mass is 9.88. The molecule has 108 valence electrons. The third kappa shape index (κ3) is 2.42. The van der Waals surface area contributed by atoms with Crippen molar-refractivity contribution in [1.82, 2.24) is 9.88 Å². The topological polar surface area (TPSA) is 73.4 Å². The lowest BCUT2D eigenvalue weighted by Gasteiger charge is -2.38. The van der Waals surface area contributed by atoms with Crippen LogP contribution in [0.25, 0.3) is 0 Å². The summed E-state index contributed by atoms with van der Waals surface area (Å²) in [7, 11) is 0. The van der Waals surface area contributed by atoms with Crippen molar-refractivity contribution in [3.8, 4) is 0 Å². The highest BCUT2D eigenvalue weighted by Gasteiger charge is 2.43. The molecule has 2 aliphatic rings. The number of aliphatic carboxylic acids is 1. The number of fused-ring (bicyclic) bond motifs is 2. The van der Waals surface area contributed by atoms with Crippen LogP contribution in [0, 0.1) is 5.92 Å². The number of amides is 1. The second-order valence-electron chi connectivity index (χ2n) is 5.76. The van der Waals surface area contributed by atoms with Gasteiger partial charge in [-0.25, -0.2) is 0 Å². The molecular formula is C14H17ClN2O3. The molecule has 0 saturated carbocycles. The van der Waals surface area contributed by atoms with E-state index in [1.165, 1.54) is 0 Å². The number of nitrogens with one attached hydrogen (secondary N) is 1. The van der Waals surface area contributed by atoms with E-state index in [0.717, 1.165) is 25.7 Å². The number of rotatable bonds is 3. The summed E-state index contributed by atoms with van der Waals surface area (Å²) >= 11 is 5.85. The minimum atomic E-state index is -0.745. The lowest BCUT2D eigenvalue weighted by molar-refractivity contribution is -0.138. The van der Waals surface area contributed by atoms with Crippen molar-refractivity contribution >= 4 is 23.5 Å². The maximum atomic E-state index is 12.5. The average molecular weight is 297 g/mol. The molecule has 1 aromatic rings. The fourth-order valence-electron chi connectivity index (χ4n) is 3.67. The van der Waals surface area contributed by atoms with Crippen molar-refractivity contribution in [1.29, 1.82) is 0 Å². The molecule has 2 unspecified atom stereocenters. The van der Waals surface area contributed by atoms with Gasteiger partial charge in [0.25, 0.3) is 5.91 Å². The van der Waals surface area contributed by atoms with Crippen molar-refractivity contribution in [2.24, 2.45) is 5.92 Å². The van der Waals surface area contributed by atoms with Crippen LogP contribution in [0.4, 0.5) is 0 Å². The average Bonchev–Trinajstić information content (AvgIpc) is 2.91. The van der Waals surface area contributed by atoms with Crippen LogP contribution < -0.4 is 0 Å². The van der Waals surface area contributed by atoms with Crippen molar-refractivity contribution < 1.29 is 14.7 Å². The second-order valence-corrected chi connectivity index (χ2v) is 6.20. The monoisotopic (exact) mass is 296 g/mol. The quantitative estimate of drug-likeness (QED) is 0.900. The molecule has 0 spiro atoms. The predicted octanol–water partition coefficient (Wildman–Crippen LogP) is 2.53. The van der Waals surface area contributed by atoms with Crippen LogP contribution in [0.15, 0.2) is 12.3 Å². The molecule has 0 radical (unpaired) electrons. The summed E-state index contributed by atoms with van der Waals surface area (Å²) in [4.78, 5) is 28.2. The Labute approximate surface area is 121 Å². The van der Waals surface area contributed by atoms with E-state index in [0.29, 0.717) is 10.7 Å². The zero-order valence-electron chi connectivity index (χ0n) is 11.0. The molecule has 5 nitrogen and oxygen atoms in total. The van der Waals surface area contributed by atoms with E-state index in [1.807, 2.05) is 4.90 Å². The van der Waals surface area contributed by atoms with Gasteiger partial charge in [-0.3, -0.25) is 9.59 Å². The number of carbonyl (C=O) groups excluding carboxylic acids is 1. The van der Waals surface area contributed by atoms with E-state index >= 15 is 0 Å². The van der Waals surface area contributed by atoms with Gasteiger partial charge in [-0.15, -0.1) is 0 Å². The number of aromatic amines is 1. The third-order valence-corrected chi connectivity index (χ3v) is 4.62. The third-order valence-electron chi connectivity index (χ3n) is 4.41. The number of hydrogen-bond donors (Lipinski definition) is 2. The molecule has 2 bridgehead atoms. The Bertz CT molecular complexity index is 528. The summed E-state index contributed by atoms with van der Waals surface area (Å²) in [6.45, 7) is 0. The number of carboxylic acids is 1. The van der Waals surface area contributed by atoms with Crippen LogP contribution >= 0.6 is 11.6 Å². The molecule has 2 N–H and O–H groups in total. The van der Waals surface area contributed by atoms with Gasteiger partial charge in [-0.1, -0.05) is 11.6 Å². The fourth-order valence-corrected chi connectivity index (χ4v) is 3.83. The van der Waals surface area contributed by atoms with Gasteiger partial charge in [0.1, 0.15) is 5.69 Å². The zero-order valence-corrected chi connectivity index (χ0v) is 11.8. The molecule has 1 amide bonds. The number of hydrogen-bond acceptors (Lipinski definition) is 2. The van der Waals surface area contributed by atoms with Gasteiger partial charge >= 0.3 is 5.97 Å². The fraction of sp³-hybridized carbons (Fsp3) is 0.571. The minimum absolute atomic E-state index is 0.0156. The highest BCUT2D eigenvalue weighted by Crippen LogP contribution is 2.40. The van der Waals surface area contributed by atoms with E-state index in [-0.39, 0.29) is 30.3 Å². The number of carboxylic acid groups (broad SMARTS) is 1. The van der Waals surface area contributed by atoms with Gasteiger partial charge in [-0.2, -0.15) is 0 Å². The number of piperidine rings is 1. The minimum Gasteiger partial charge on any atom is -0.481 e. The number of aromatic nitrogens is 1. The van der Waals surface area contributed by atoms with Crippen LogP contribution in [-0.2, 0) is 4.79 Å². The summed E-state index contributed by atoms with van der Waals surface area (Å²) in [6.07, 6.45) is 5.35. The lowest BCUT2D eigenvalue weighted by Crippen LogP contribution is -2.47. The zero-order chi connectivity index (χ0) is 14.3. The van der Waals surface area contributed by atoms with Crippen molar-refractivity contribution in [2.75, 3.05) is 0 Å². The molecule has 1 aromatic heterocycles.